The molecule has 0 atom stereocenters. The van der Waals surface area contributed by atoms with Crippen LogP contribution in [0.15, 0.2) is 66.7 Å². The third-order valence-corrected chi connectivity index (χ3v) is 4.67. The largest absolute Gasteiger partial charge is 0.493 e. The van der Waals surface area contributed by atoms with Crippen LogP contribution < -0.4 is 20.1 Å². The molecule has 0 unspecified atom stereocenters. The van der Waals surface area contributed by atoms with Crippen LogP contribution in [0.2, 0.25) is 0 Å². The maximum atomic E-state index is 12.9. The normalized spacial score (nSPS) is 10.9. The Balaban J connectivity index is 1.67. The SMILES string of the molecule is COc1ccc(CC(=O)Nc2cccc(C(=O)Nc3cccc(C(F)(F)F)c3)c2)cc1OC. The number of benzene rings is 3. The van der Waals surface area contributed by atoms with E-state index in [0.717, 1.165) is 12.1 Å². The summed E-state index contributed by atoms with van der Waals surface area (Å²) in [6, 6.07) is 15.6. The second-order valence-corrected chi connectivity index (χ2v) is 7.03. The van der Waals surface area contributed by atoms with Gasteiger partial charge in [-0.3, -0.25) is 9.59 Å². The Hall–Kier alpha value is -4.01. The highest BCUT2D eigenvalue weighted by atomic mass is 19.4. The molecule has 0 saturated carbocycles. The summed E-state index contributed by atoms with van der Waals surface area (Å²) in [7, 11) is 3.01. The van der Waals surface area contributed by atoms with E-state index in [-0.39, 0.29) is 23.6 Å². The van der Waals surface area contributed by atoms with Gasteiger partial charge in [0.25, 0.3) is 5.91 Å². The molecule has 3 aromatic carbocycles. The van der Waals surface area contributed by atoms with E-state index >= 15 is 0 Å². The minimum atomic E-state index is -4.52. The van der Waals surface area contributed by atoms with Crippen molar-refractivity contribution in [3.8, 4) is 11.5 Å². The number of methoxy groups -OCH3 is 2. The number of carbonyl (C=O) groups is 2. The second kappa shape index (κ2) is 10.1. The van der Waals surface area contributed by atoms with Crippen molar-refractivity contribution < 1.29 is 32.2 Å². The summed E-state index contributed by atoms with van der Waals surface area (Å²) < 4.78 is 49.0. The zero-order valence-electron chi connectivity index (χ0n) is 17.8. The number of anilines is 2. The van der Waals surface area contributed by atoms with E-state index in [1.165, 1.54) is 38.5 Å². The van der Waals surface area contributed by atoms with E-state index in [0.29, 0.717) is 22.7 Å². The fourth-order valence-corrected chi connectivity index (χ4v) is 3.10. The molecule has 3 aromatic rings. The molecule has 3 rings (SSSR count). The highest BCUT2D eigenvalue weighted by Gasteiger charge is 2.30. The molecule has 0 saturated heterocycles. The summed E-state index contributed by atoms with van der Waals surface area (Å²) in [6.07, 6.45) is -4.46. The molecule has 0 aliphatic rings. The van der Waals surface area contributed by atoms with Crippen LogP contribution in [0.3, 0.4) is 0 Å². The van der Waals surface area contributed by atoms with Crippen LogP contribution >= 0.6 is 0 Å². The highest BCUT2D eigenvalue weighted by Crippen LogP contribution is 2.31. The summed E-state index contributed by atoms with van der Waals surface area (Å²) in [5.41, 5.74) is 0.395. The lowest BCUT2D eigenvalue weighted by molar-refractivity contribution is -0.137. The maximum absolute atomic E-state index is 12.9. The van der Waals surface area contributed by atoms with Crippen LogP contribution in [0.4, 0.5) is 24.5 Å². The molecule has 0 heterocycles. The molecule has 0 aromatic heterocycles. The van der Waals surface area contributed by atoms with Crippen molar-refractivity contribution in [1.82, 2.24) is 0 Å². The van der Waals surface area contributed by atoms with Crippen LogP contribution in [0.1, 0.15) is 21.5 Å². The molecule has 172 valence electrons. The highest BCUT2D eigenvalue weighted by molar-refractivity contribution is 6.05. The van der Waals surface area contributed by atoms with Crippen LogP contribution in [-0.2, 0) is 17.4 Å². The van der Waals surface area contributed by atoms with Gasteiger partial charge >= 0.3 is 6.18 Å². The molecule has 9 heteroatoms. The lowest BCUT2D eigenvalue weighted by Gasteiger charge is -2.11. The van der Waals surface area contributed by atoms with Gasteiger partial charge in [-0.05, 0) is 54.1 Å². The number of hydrogen-bond donors (Lipinski definition) is 2. The van der Waals surface area contributed by atoms with E-state index in [1.807, 2.05) is 0 Å². The zero-order chi connectivity index (χ0) is 24.0. The lowest BCUT2D eigenvalue weighted by atomic mass is 10.1. The molecular formula is C24H21F3N2O4. The summed E-state index contributed by atoms with van der Waals surface area (Å²) in [6.45, 7) is 0. The first-order valence-corrected chi connectivity index (χ1v) is 9.79. The van der Waals surface area contributed by atoms with Crippen molar-refractivity contribution in [3.05, 3.63) is 83.4 Å². The lowest BCUT2D eigenvalue weighted by Crippen LogP contribution is -2.16. The van der Waals surface area contributed by atoms with Crippen LogP contribution in [0.5, 0.6) is 11.5 Å². The van der Waals surface area contributed by atoms with Gasteiger partial charge in [0.2, 0.25) is 5.91 Å². The monoisotopic (exact) mass is 458 g/mol. The molecule has 2 amide bonds. The molecule has 2 N–H and O–H groups in total. The number of nitrogens with one attached hydrogen (secondary N) is 2. The van der Waals surface area contributed by atoms with Crippen molar-refractivity contribution in [2.75, 3.05) is 24.9 Å². The van der Waals surface area contributed by atoms with Crippen LogP contribution in [0, 0.1) is 0 Å². The van der Waals surface area contributed by atoms with E-state index in [9.17, 15) is 22.8 Å². The van der Waals surface area contributed by atoms with Gasteiger partial charge < -0.3 is 20.1 Å². The zero-order valence-corrected chi connectivity index (χ0v) is 17.8. The summed E-state index contributed by atoms with van der Waals surface area (Å²) in [5, 5.41) is 5.14. The summed E-state index contributed by atoms with van der Waals surface area (Å²) in [4.78, 5) is 25.0. The molecule has 33 heavy (non-hydrogen) atoms. The predicted molar refractivity (Wildman–Crippen MR) is 118 cm³/mol. The molecule has 0 aliphatic heterocycles. The van der Waals surface area contributed by atoms with Gasteiger partial charge in [0.05, 0.1) is 26.2 Å². The number of rotatable bonds is 7. The topological polar surface area (TPSA) is 76.7 Å². The molecule has 6 nitrogen and oxygen atoms in total. The number of hydrogen-bond acceptors (Lipinski definition) is 4. The van der Waals surface area contributed by atoms with Gasteiger partial charge in [0.1, 0.15) is 0 Å². The van der Waals surface area contributed by atoms with Gasteiger partial charge in [-0.25, -0.2) is 0 Å². The van der Waals surface area contributed by atoms with E-state index in [2.05, 4.69) is 10.6 Å². The van der Waals surface area contributed by atoms with Crippen LogP contribution in [-0.4, -0.2) is 26.0 Å². The smallest absolute Gasteiger partial charge is 0.416 e. The van der Waals surface area contributed by atoms with Crippen molar-refractivity contribution in [2.24, 2.45) is 0 Å². The van der Waals surface area contributed by atoms with Gasteiger partial charge in [-0.1, -0.05) is 18.2 Å². The number of halogens is 3. The summed E-state index contributed by atoms with van der Waals surface area (Å²) >= 11 is 0. The van der Waals surface area contributed by atoms with Gasteiger partial charge in [-0.2, -0.15) is 13.2 Å². The van der Waals surface area contributed by atoms with E-state index in [1.54, 1.807) is 30.3 Å². The van der Waals surface area contributed by atoms with Crippen molar-refractivity contribution >= 4 is 23.2 Å². The van der Waals surface area contributed by atoms with Crippen molar-refractivity contribution in [3.63, 3.8) is 0 Å². The Morgan fingerprint density at radius 1 is 0.818 bits per heavy atom. The fourth-order valence-electron chi connectivity index (χ4n) is 3.10. The fraction of sp³-hybridized carbons (Fsp3) is 0.167. The Morgan fingerprint density at radius 2 is 1.48 bits per heavy atom. The minimum absolute atomic E-state index is 0.0118. The van der Waals surface area contributed by atoms with Gasteiger partial charge in [0, 0.05) is 16.9 Å². The number of carbonyl (C=O) groups excluding carboxylic acids is 2. The minimum Gasteiger partial charge on any atom is -0.493 e. The molecule has 0 spiro atoms. The Kier molecular flexibility index (Phi) is 7.22. The third-order valence-electron chi connectivity index (χ3n) is 4.67. The number of amides is 2. The molecule has 0 radical (unpaired) electrons. The number of alkyl halides is 3. The summed E-state index contributed by atoms with van der Waals surface area (Å²) in [5.74, 6) is 0.111. The van der Waals surface area contributed by atoms with Crippen molar-refractivity contribution in [1.29, 1.82) is 0 Å². The number of ether oxygens (including phenoxy) is 2. The quantitative estimate of drug-likeness (QED) is 0.513. The Bertz CT molecular complexity index is 1160. The first-order chi connectivity index (χ1) is 15.7. The Labute approximate surface area is 188 Å². The van der Waals surface area contributed by atoms with E-state index < -0.39 is 17.6 Å². The first kappa shape index (κ1) is 23.6. The maximum Gasteiger partial charge on any atom is 0.416 e. The van der Waals surface area contributed by atoms with E-state index in [4.69, 9.17) is 9.47 Å². The molecular weight excluding hydrogens is 437 g/mol. The van der Waals surface area contributed by atoms with Crippen molar-refractivity contribution in [2.45, 2.75) is 12.6 Å². The van der Waals surface area contributed by atoms with Crippen LogP contribution in [0.25, 0.3) is 0 Å². The predicted octanol–water partition coefficient (Wildman–Crippen LogP) is 5.16. The first-order valence-electron chi connectivity index (χ1n) is 9.79. The van der Waals surface area contributed by atoms with Gasteiger partial charge in [-0.15, -0.1) is 0 Å². The average Bonchev–Trinajstić information content (AvgIpc) is 2.78. The second-order valence-electron chi connectivity index (χ2n) is 7.03. The van der Waals surface area contributed by atoms with Gasteiger partial charge in [0.15, 0.2) is 11.5 Å². The molecule has 0 aliphatic carbocycles. The average molecular weight is 458 g/mol. The molecule has 0 bridgehead atoms. The Morgan fingerprint density at radius 3 is 2.15 bits per heavy atom. The molecule has 0 fully saturated rings. The third kappa shape index (κ3) is 6.25. The standard InChI is InChI=1S/C24H21F3N2O4/c1-32-20-10-9-15(11-21(20)33-2)12-22(30)28-18-7-3-5-16(13-18)23(31)29-19-8-4-6-17(14-19)24(25,26)27/h3-11,13-14H,12H2,1-2H3,(H,28,30)(H,29,31).